The van der Waals surface area contributed by atoms with E-state index in [0.717, 1.165) is 22.6 Å². The van der Waals surface area contributed by atoms with Gasteiger partial charge in [-0.25, -0.2) is 9.67 Å². The Balaban J connectivity index is 1.24. The van der Waals surface area contributed by atoms with Crippen molar-refractivity contribution in [3.8, 4) is 17.4 Å². The number of carbonyl (C=O) groups excluding carboxylic acids is 2. The van der Waals surface area contributed by atoms with Gasteiger partial charge in [-0.1, -0.05) is 18.2 Å². The molecule has 0 aliphatic carbocycles. The van der Waals surface area contributed by atoms with Crippen molar-refractivity contribution in [3.05, 3.63) is 83.4 Å². The van der Waals surface area contributed by atoms with E-state index in [2.05, 4.69) is 20.4 Å². The minimum Gasteiger partial charge on any atom is -0.439 e. The Morgan fingerprint density at radius 1 is 1.00 bits per heavy atom. The molecule has 1 N–H and O–H groups in total. The molecule has 1 saturated heterocycles. The van der Waals surface area contributed by atoms with Crippen molar-refractivity contribution >= 4 is 23.2 Å². The monoisotopic (exact) mass is 496 g/mol. The van der Waals surface area contributed by atoms with Crippen LogP contribution in [0.2, 0.25) is 0 Å². The number of anilines is 2. The van der Waals surface area contributed by atoms with Crippen molar-refractivity contribution in [2.45, 2.75) is 34.1 Å². The highest BCUT2D eigenvalue weighted by Crippen LogP contribution is 2.27. The molecule has 1 atom stereocenters. The van der Waals surface area contributed by atoms with Gasteiger partial charge in [0.05, 0.1) is 11.6 Å². The Bertz CT molecular complexity index is 1460. The van der Waals surface area contributed by atoms with Crippen LogP contribution in [0.5, 0.6) is 11.6 Å². The average molecular weight is 497 g/mol. The van der Waals surface area contributed by atoms with Crippen LogP contribution >= 0.6 is 0 Å². The summed E-state index contributed by atoms with van der Waals surface area (Å²) in [6, 6.07) is 18.2. The molecule has 5 rings (SSSR count). The fraction of sp³-hybridized carbons (Fsp3) is 0.250. The zero-order valence-electron chi connectivity index (χ0n) is 21.2. The van der Waals surface area contributed by atoms with E-state index >= 15 is 0 Å². The smallest absolute Gasteiger partial charge is 0.229 e. The Labute approximate surface area is 215 Å². The van der Waals surface area contributed by atoms with Crippen molar-refractivity contribution in [2.24, 2.45) is 5.92 Å². The summed E-state index contributed by atoms with van der Waals surface area (Å²) in [5.74, 6) is 1.52. The van der Waals surface area contributed by atoms with E-state index in [1.54, 1.807) is 46.8 Å². The minimum atomic E-state index is -0.413. The normalized spacial score (nSPS) is 15.2. The van der Waals surface area contributed by atoms with Crippen LogP contribution in [-0.4, -0.2) is 38.1 Å². The van der Waals surface area contributed by atoms with Gasteiger partial charge in [-0.15, -0.1) is 0 Å². The van der Waals surface area contributed by atoms with E-state index in [9.17, 15) is 9.59 Å². The lowest BCUT2D eigenvalue weighted by Gasteiger charge is -2.16. The van der Waals surface area contributed by atoms with Gasteiger partial charge < -0.3 is 15.0 Å². The molecule has 37 heavy (non-hydrogen) atoms. The van der Waals surface area contributed by atoms with Crippen LogP contribution in [0.3, 0.4) is 0 Å². The Hall–Kier alpha value is -4.53. The van der Waals surface area contributed by atoms with Gasteiger partial charge in [0.2, 0.25) is 17.7 Å². The summed E-state index contributed by atoms with van der Waals surface area (Å²) < 4.78 is 7.77. The molecule has 0 saturated carbocycles. The summed E-state index contributed by atoms with van der Waals surface area (Å²) >= 11 is 0. The van der Waals surface area contributed by atoms with Gasteiger partial charge in [0.25, 0.3) is 0 Å². The molecule has 1 unspecified atom stereocenters. The Morgan fingerprint density at radius 2 is 1.73 bits per heavy atom. The van der Waals surface area contributed by atoms with Gasteiger partial charge in [-0.3, -0.25) is 9.59 Å². The maximum absolute atomic E-state index is 12.8. The number of hydrogen-bond acceptors (Lipinski definition) is 6. The highest BCUT2D eigenvalue weighted by Gasteiger charge is 2.35. The average Bonchev–Trinajstić information content (AvgIpc) is 3.40. The predicted molar refractivity (Wildman–Crippen MR) is 140 cm³/mol. The van der Waals surface area contributed by atoms with E-state index in [-0.39, 0.29) is 18.2 Å². The van der Waals surface area contributed by atoms with Gasteiger partial charge in [0.1, 0.15) is 11.6 Å². The van der Waals surface area contributed by atoms with Crippen molar-refractivity contribution in [2.75, 3.05) is 16.8 Å². The number of hydrogen-bond donors (Lipinski definition) is 1. The van der Waals surface area contributed by atoms with Crippen molar-refractivity contribution < 1.29 is 14.3 Å². The molecule has 2 amide bonds. The van der Waals surface area contributed by atoms with E-state index in [4.69, 9.17) is 4.74 Å². The second-order valence-electron chi connectivity index (χ2n) is 9.18. The molecule has 0 radical (unpaired) electrons. The van der Waals surface area contributed by atoms with Crippen LogP contribution in [0.25, 0.3) is 5.82 Å². The first-order chi connectivity index (χ1) is 17.8. The van der Waals surface area contributed by atoms with Gasteiger partial charge >= 0.3 is 0 Å². The molecule has 1 aliphatic rings. The van der Waals surface area contributed by atoms with Crippen LogP contribution in [0.15, 0.2) is 60.7 Å². The maximum Gasteiger partial charge on any atom is 0.229 e. The first-order valence-corrected chi connectivity index (χ1v) is 12.1. The first-order valence-electron chi connectivity index (χ1n) is 12.1. The van der Waals surface area contributed by atoms with Crippen LogP contribution in [-0.2, 0) is 9.59 Å². The molecule has 0 spiro atoms. The number of aromatic nitrogens is 4. The molecule has 9 heteroatoms. The molecular formula is C28H28N6O3. The lowest BCUT2D eigenvalue weighted by molar-refractivity contribution is -0.122. The molecule has 1 aliphatic heterocycles. The molecule has 188 valence electrons. The molecular weight excluding hydrogens is 468 g/mol. The van der Waals surface area contributed by atoms with Gasteiger partial charge in [-0.05, 0) is 69.7 Å². The summed E-state index contributed by atoms with van der Waals surface area (Å²) in [4.78, 5) is 35.8. The van der Waals surface area contributed by atoms with Crippen molar-refractivity contribution in [1.29, 1.82) is 0 Å². The van der Waals surface area contributed by atoms with Crippen molar-refractivity contribution in [1.82, 2.24) is 19.7 Å². The fourth-order valence-corrected chi connectivity index (χ4v) is 4.34. The number of para-hydroxylation sites is 1. The molecule has 1 fully saturated rings. The number of nitrogens with one attached hydrogen (secondary N) is 1. The molecule has 2 aromatic carbocycles. The highest BCUT2D eigenvalue weighted by atomic mass is 16.5. The zero-order valence-corrected chi connectivity index (χ0v) is 21.2. The largest absolute Gasteiger partial charge is 0.439 e. The second kappa shape index (κ2) is 9.85. The summed E-state index contributed by atoms with van der Waals surface area (Å²) in [7, 11) is 0. The summed E-state index contributed by atoms with van der Waals surface area (Å²) in [5.41, 5.74) is 4.51. The van der Waals surface area contributed by atoms with Crippen LogP contribution in [0, 0.1) is 33.6 Å². The van der Waals surface area contributed by atoms with Gasteiger partial charge in [0.15, 0.2) is 5.82 Å². The minimum absolute atomic E-state index is 0.0507. The predicted octanol–water partition coefficient (Wildman–Crippen LogP) is 4.68. The maximum atomic E-state index is 12.8. The SMILES string of the molecule is Cc1nc(Oc2ccc(NC(=O)C3CC(=O)N(c4ccccc4)C3)cc2)cc(-n2nc(C)c(C)c2C)n1. The number of aryl methyl sites for hydroxylation is 2. The number of rotatable bonds is 6. The molecule has 0 bridgehead atoms. The molecule has 9 nitrogen and oxygen atoms in total. The lowest BCUT2D eigenvalue weighted by Crippen LogP contribution is -2.28. The Morgan fingerprint density at radius 3 is 2.41 bits per heavy atom. The summed E-state index contributed by atoms with van der Waals surface area (Å²) in [6.07, 6.45) is 0.187. The van der Waals surface area contributed by atoms with Crippen LogP contribution in [0.1, 0.15) is 29.2 Å². The third-order valence-electron chi connectivity index (χ3n) is 6.58. The third kappa shape index (κ3) is 5.06. The highest BCUT2D eigenvalue weighted by molar-refractivity contribution is 6.03. The van der Waals surface area contributed by atoms with E-state index in [1.807, 2.05) is 51.1 Å². The number of benzene rings is 2. The van der Waals surface area contributed by atoms with E-state index < -0.39 is 5.92 Å². The number of nitrogens with zero attached hydrogens (tertiary/aromatic N) is 5. The topological polar surface area (TPSA) is 102 Å². The first kappa shape index (κ1) is 24.2. The van der Waals surface area contributed by atoms with Gasteiger partial charge in [0, 0.05) is 36.1 Å². The molecule has 3 heterocycles. The van der Waals surface area contributed by atoms with Crippen molar-refractivity contribution in [3.63, 3.8) is 0 Å². The quantitative estimate of drug-likeness (QED) is 0.416. The number of ether oxygens (including phenoxy) is 1. The molecule has 4 aromatic rings. The van der Waals surface area contributed by atoms with Gasteiger partial charge in [-0.2, -0.15) is 10.1 Å². The number of carbonyl (C=O) groups is 2. The summed E-state index contributed by atoms with van der Waals surface area (Å²) in [5, 5.41) is 7.48. The van der Waals surface area contributed by atoms with Crippen LogP contribution in [0.4, 0.5) is 11.4 Å². The fourth-order valence-electron chi connectivity index (χ4n) is 4.34. The van der Waals surface area contributed by atoms with E-state index in [1.165, 1.54) is 0 Å². The standard InChI is InChI=1S/C28H28N6O3/c1-17-18(2)32-34(19(17)3)25-15-26(30-20(4)29-25)37-24-12-10-22(11-13-24)31-28(36)21-14-27(35)33(16-21)23-8-6-5-7-9-23/h5-13,15,21H,14,16H2,1-4H3,(H,31,36). The molecule has 2 aromatic heterocycles. The number of amides is 2. The lowest BCUT2D eigenvalue weighted by atomic mass is 10.1. The second-order valence-corrected chi connectivity index (χ2v) is 9.18. The van der Waals surface area contributed by atoms with E-state index in [0.29, 0.717) is 35.5 Å². The Kier molecular flexibility index (Phi) is 6.43. The summed E-state index contributed by atoms with van der Waals surface area (Å²) in [6.45, 7) is 8.17. The third-order valence-corrected chi connectivity index (χ3v) is 6.58. The zero-order chi connectivity index (χ0) is 26.1. The van der Waals surface area contributed by atoms with Crippen LogP contribution < -0.4 is 15.0 Å².